The van der Waals surface area contributed by atoms with Crippen molar-refractivity contribution in [3.8, 4) is 33.4 Å². The molecule has 0 aliphatic carbocycles. The van der Waals surface area contributed by atoms with Crippen LogP contribution >= 0.6 is 0 Å². The number of allylic oxidation sites excluding steroid dienone is 1. The maximum Gasteiger partial charge on any atom is 0.134 e. The van der Waals surface area contributed by atoms with E-state index in [2.05, 4.69) is 158 Å². The standard InChI is InChI=1S/C41H41N3/c1-5-6-22-39(30(2)3)43-41(44-40(42-4)35-20-14-9-15-21-35)38-28-36(32-18-12-8-13-19-32)27-37(29-38)34-25-23-33(24-26-34)31-16-10-7-11-17-31/h5-21,23-30,39H,22H2,1-4H3,(H,42,43,44)/b6-5-. The van der Waals surface area contributed by atoms with Gasteiger partial charge in [-0.25, -0.2) is 0 Å². The second-order valence-electron chi connectivity index (χ2n) is 11.3. The molecule has 0 radical (unpaired) electrons. The average Bonchev–Trinajstić information content (AvgIpc) is 3.09. The number of benzene rings is 5. The normalized spacial score (nSPS) is 12.9. The summed E-state index contributed by atoms with van der Waals surface area (Å²) in [5.41, 5.74) is 9.06. The van der Waals surface area contributed by atoms with E-state index < -0.39 is 0 Å². The van der Waals surface area contributed by atoms with E-state index in [4.69, 9.17) is 4.99 Å². The molecular weight excluding hydrogens is 534 g/mol. The highest BCUT2D eigenvalue weighted by Crippen LogP contribution is 2.31. The van der Waals surface area contributed by atoms with E-state index in [9.17, 15) is 0 Å². The molecule has 0 saturated carbocycles. The minimum absolute atomic E-state index is 0.108. The van der Waals surface area contributed by atoms with Gasteiger partial charge in [-0.1, -0.05) is 141 Å². The van der Waals surface area contributed by atoms with Crippen LogP contribution in [0.15, 0.2) is 156 Å². The van der Waals surface area contributed by atoms with Crippen molar-refractivity contribution < 1.29 is 0 Å². The molecule has 44 heavy (non-hydrogen) atoms. The van der Waals surface area contributed by atoms with Crippen molar-refractivity contribution in [1.29, 1.82) is 0 Å². The molecule has 1 atom stereocenters. The van der Waals surface area contributed by atoms with Gasteiger partial charge in [0, 0.05) is 18.2 Å². The number of aliphatic imine (C=N–C) groups is 2. The highest BCUT2D eigenvalue weighted by molar-refractivity contribution is 6.15. The van der Waals surface area contributed by atoms with Crippen LogP contribution in [0.25, 0.3) is 33.4 Å². The van der Waals surface area contributed by atoms with Crippen LogP contribution < -0.4 is 5.32 Å². The third-order valence-corrected chi connectivity index (χ3v) is 7.82. The van der Waals surface area contributed by atoms with Crippen LogP contribution in [0.4, 0.5) is 0 Å². The molecule has 0 fully saturated rings. The zero-order valence-electron chi connectivity index (χ0n) is 26.1. The van der Waals surface area contributed by atoms with Crippen molar-refractivity contribution in [2.75, 3.05) is 7.05 Å². The largest absolute Gasteiger partial charge is 0.325 e. The Kier molecular flexibility index (Phi) is 10.3. The molecule has 0 heterocycles. The Hall–Kier alpha value is -5.02. The van der Waals surface area contributed by atoms with Gasteiger partial charge in [-0.2, -0.15) is 0 Å². The summed E-state index contributed by atoms with van der Waals surface area (Å²) in [6.07, 6.45) is 5.18. The van der Waals surface area contributed by atoms with Crippen molar-refractivity contribution >= 4 is 11.7 Å². The smallest absolute Gasteiger partial charge is 0.134 e. The molecule has 3 nitrogen and oxygen atoms in total. The van der Waals surface area contributed by atoms with E-state index in [0.29, 0.717) is 5.92 Å². The molecule has 5 aromatic carbocycles. The molecule has 5 rings (SSSR count). The van der Waals surface area contributed by atoms with Gasteiger partial charge < -0.3 is 5.32 Å². The predicted octanol–water partition coefficient (Wildman–Crippen LogP) is 10.1. The summed E-state index contributed by atoms with van der Waals surface area (Å²) in [6, 6.07) is 47.0. The average molecular weight is 576 g/mol. The van der Waals surface area contributed by atoms with Crippen molar-refractivity contribution in [3.63, 3.8) is 0 Å². The van der Waals surface area contributed by atoms with Crippen LogP contribution in [0.3, 0.4) is 0 Å². The molecule has 220 valence electrons. The third kappa shape index (κ3) is 7.67. The Morgan fingerprint density at radius 1 is 0.591 bits per heavy atom. The summed E-state index contributed by atoms with van der Waals surface area (Å²) < 4.78 is 0. The number of nitrogens with zero attached hydrogens (tertiary/aromatic N) is 2. The molecular formula is C41H41N3. The fourth-order valence-corrected chi connectivity index (χ4v) is 5.27. The van der Waals surface area contributed by atoms with Gasteiger partial charge in [0.2, 0.25) is 0 Å². The Bertz CT molecular complexity index is 1720. The van der Waals surface area contributed by atoms with Crippen molar-refractivity contribution in [2.24, 2.45) is 15.9 Å². The maximum atomic E-state index is 5.39. The van der Waals surface area contributed by atoms with Gasteiger partial charge in [-0.05, 0) is 70.8 Å². The maximum absolute atomic E-state index is 5.39. The lowest BCUT2D eigenvalue weighted by Gasteiger charge is -2.20. The lowest BCUT2D eigenvalue weighted by atomic mass is 9.94. The van der Waals surface area contributed by atoms with E-state index in [1.165, 1.54) is 11.1 Å². The Balaban J connectivity index is 1.65. The Labute approximate surface area is 262 Å². The third-order valence-electron chi connectivity index (χ3n) is 7.82. The van der Waals surface area contributed by atoms with E-state index in [1.807, 2.05) is 25.2 Å². The highest BCUT2D eigenvalue weighted by atomic mass is 15.1. The summed E-state index contributed by atoms with van der Waals surface area (Å²) in [7, 11) is 1.83. The lowest BCUT2D eigenvalue weighted by molar-refractivity contribution is 0.499. The summed E-state index contributed by atoms with van der Waals surface area (Å²) in [5, 5.41) is 3.66. The molecule has 0 aromatic heterocycles. The Morgan fingerprint density at radius 3 is 1.57 bits per heavy atom. The van der Waals surface area contributed by atoms with Gasteiger partial charge in [-0.3, -0.25) is 9.98 Å². The number of nitrogens with one attached hydrogen (secondary N) is 1. The fraction of sp³-hybridized carbons (Fsp3) is 0.171. The second kappa shape index (κ2) is 14.9. The number of hydrogen-bond acceptors (Lipinski definition) is 2. The lowest BCUT2D eigenvalue weighted by Crippen LogP contribution is -2.34. The van der Waals surface area contributed by atoms with E-state index in [-0.39, 0.29) is 6.04 Å². The molecule has 1 unspecified atom stereocenters. The molecule has 0 saturated heterocycles. The van der Waals surface area contributed by atoms with Gasteiger partial charge in [0.1, 0.15) is 11.7 Å². The molecule has 0 amide bonds. The van der Waals surface area contributed by atoms with Crippen LogP contribution in [0, 0.1) is 5.92 Å². The summed E-state index contributed by atoms with van der Waals surface area (Å²) in [6.45, 7) is 6.54. The monoisotopic (exact) mass is 575 g/mol. The molecule has 0 aliphatic heterocycles. The number of hydrogen-bond donors (Lipinski definition) is 1. The van der Waals surface area contributed by atoms with Gasteiger partial charge >= 0.3 is 0 Å². The first-order valence-corrected chi connectivity index (χ1v) is 15.4. The highest BCUT2D eigenvalue weighted by Gasteiger charge is 2.17. The van der Waals surface area contributed by atoms with Crippen molar-refractivity contribution in [2.45, 2.75) is 33.2 Å². The molecule has 1 N–H and O–H groups in total. The first-order valence-electron chi connectivity index (χ1n) is 15.4. The van der Waals surface area contributed by atoms with Crippen molar-refractivity contribution in [3.05, 3.63) is 157 Å². The minimum Gasteiger partial charge on any atom is -0.325 e. The van der Waals surface area contributed by atoms with Crippen LogP contribution in [-0.2, 0) is 0 Å². The molecule has 0 bridgehead atoms. The Morgan fingerprint density at radius 2 is 1.07 bits per heavy atom. The molecule has 5 aromatic rings. The SMILES string of the molecule is C/C=C\CC(N=C(NC(=NC)c1ccccc1)c1cc(-c2ccccc2)cc(-c2ccc(-c3ccccc3)cc2)c1)C(C)C. The summed E-state index contributed by atoms with van der Waals surface area (Å²) in [5.74, 6) is 1.97. The van der Waals surface area contributed by atoms with Gasteiger partial charge in [-0.15, -0.1) is 0 Å². The number of amidine groups is 2. The number of rotatable bonds is 9. The van der Waals surface area contributed by atoms with E-state index >= 15 is 0 Å². The first-order chi connectivity index (χ1) is 21.6. The predicted molar refractivity (Wildman–Crippen MR) is 189 cm³/mol. The van der Waals surface area contributed by atoms with Crippen LogP contribution in [-0.4, -0.2) is 24.8 Å². The molecule has 0 aliphatic rings. The topological polar surface area (TPSA) is 36.8 Å². The minimum atomic E-state index is 0.108. The van der Waals surface area contributed by atoms with Crippen LogP contribution in [0.2, 0.25) is 0 Å². The van der Waals surface area contributed by atoms with Crippen LogP contribution in [0.5, 0.6) is 0 Å². The van der Waals surface area contributed by atoms with E-state index in [1.54, 1.807) is 0 Å². The molecule has 0 spiro atoms. The van der Waals surface area contributed by atoms with Gasteiger partial charge in [0.25, 0.3) is 0 Å². The van der Waals surface area contributed by atoms with Crippen LogP contribution in [0.1, 0.15) is 38.3 Å². The first kappa shape index (κ1) is 30.4. The summed E-state index contributed by atoms with van der Waals surface area (Å²) in [4.78, 5) is 10.0. The fourth-order valence-electron chi connectivity index (χ4n) is 5.27. The summed E-state index contributed by atoms with van der Waals surface area (Å²) >= 11 is 0. The van der Waals surface area contributed by atoms with E-state index in [0.717, 1.165) is 51.5 Å². The van der Waals surface area contributed by atoms with Crippen molar-refractivity contribution in [1.82, 2.24) is 5.32 Å². The molecule has 3 heteroatoms. The zero-order valence-corrected chi connectivity index (χ0v) is 26.1. The van der Waals surface area contributed by atoms with Gasteiger partial charge in [0.15, 0.2) is 0 Å². The quantitative estimate of drug-likeness (QED) is 0.106. The second-order valence-corrected chi connectivity index (χ2v) is 11.3. The zero-order chi connectivity index (χ0) is 30.7. The van der Waals surface area contributed by atoms with Gasteiger partial charge in [0.05, 0.1) is 6.04 Å².